The highest BCUT2D eigenvalue weighted by molar-refractivity contribution is 5.69. The number of hydrogen-bond acceptors (Lipinski definition) is 3. The van der Waals surface area contributed by atoms with Crippen LogP contribution >= 0.6 is 0 Å². The zero-order valence-corrected chi connectivity index (χ0v) is 17.3. The third kappa shape index (κ3) is 6.34. The second-order valence-electron chi connectivity index (χ2n) is 7.56. The molecule has 0 unspecified atom stereocenters. The molecule has 7 heteroatoms. The maximum atomic E-state index is 13.5. The van der Waals surface area contributed by atoms with E-state index in [1.165, 1.54) is 12.1 Å². The van der Waals surface area contributed by atoms with E-state index in [2.05, 4.69) is 0 Å². The number of carbonyl (C=O) groups is 1. The summed E-state index contributed by atoms with van der Waals surface area (Å²) in [5, 5.41) is 8.79. The molecule has 1 aliphatic heterocycles. The second kappa shape index (κ2) is 10.0. The molecule has 0 atom stereocenters. The Morgan fingerprint density at radius 2 is 1.81 bits per heavy atom. The Balaban J connectivity index is 1.83. The van der Waals surface area contributed by atoms with Gasteiger partial charge in [-0.1, -0.05) is 35.9 Å². The van der Waals surface area contributed by atoms with E-state index >= 15 is 0 Å². The zero-order chi connectivity index (χ0) is 22.4. The molecule has 1 N–H and O–H groups in total. The van der Waals surface area contributed by atoms with Crippen molar-refractivity contribution in [1.82, 2.24) is 0 Å². The number of aliphatic carboxylic acids is 1. The Bertz CT molecular complexity index is 946. The lowest BCUT2D eigenvalue weighted by Crippen LogP contribution is -2.12. The normalized spacial score (nSPS) is 15.0. The Hall–Kier alpha value is -2.80. The Morgan fingerprint density at radius 1 is 1.10 bits per heavy atom. The van der Waals surface area contributed by atoms with Gasteiger partial charge in [0, 0.05) is 6.42 Å². The number of benzene rings is 2. The highest BCUT2D eigenvalue weighted by atomic mass is 19.4. The smallest absolute Gasteiger partial charge is 0.416 e. The minimum absolute atomic E-state index is 0.0512. The van der Waals surface area contributed by atoms with Crippen molar-refractivity contribution in [2.45, 2.75) is 38.8 Å². The van der Waals surface area contributed by atoms with Crippen molar-refractivity contribution in [3.63, 3.8) is 0 Å². The van der Waals surface area contributed by atoms with Crippen LogP contribution in [0.5, 0.6) is 5.75 Å². The number of halogens is 3. The number of alkyl halides is 3. The summed E-state index contributed by atoms with van der Waals surface area (Å²) in [6, 6.07) is 11.8. The van der Waals surface area contributed by atoms with Crippen LogP contribution in [-0.2, 0) is 22.1 Å². The second-order valence-corrected chi connectivity index (χ2v) is 7.56. The van der Waals surface area contributed by atoms with E-state index in [4.69, 9.17) is 14.6 Å². The molecule has 2 aromatic carbocycles. The highest BCUT2D eigenvalue weighted by Gasteiger charge is 2.33. The molecule has 2 aromatic rings. The van der Waals surface area contributed by atoms with Gasteiger partial charge in [0.25, 0.3) is 0 Å². The Labute approximate surface area is 179 Å². The molecule has 166 valence electrons. The standard InChI is InChI=1S/C24H25F3O4/c1-16-2-4-17(5-3-16)21-11-13-30-12-10-19(21)15-31-20-8-6-18(7-9-23(28)29)22(14-20)24(25,26)27/h2-6,8,14H,7,9-13,15H2,1H3,(H,28,29). The minimum atomic E-state index is -4.59. The summed E-state index contributed by atoms with van der Waals surface area (Å²) in [5.74, 6) is -1.04. The van der Waals surface area contributed by atoms with Crippen molar-refractivity contribution in [2.75, 3.05) is 19.8 Å². The van der Waals surface area contributed by atoms with Crippen molar-refractivity contribution in [2.24, 2.45) is 0 Å². The largest absolute Gasteiger partial charge is 0.489 e. The first kappa shape index (κ1) is 22.9. The zero-order valence-electron chi connectivity index (χ0n) is 17.3. The molecule has 3 rings (SSSR count). The van der Waals surface area contributed by atoms with E-state index < -0.39 is 17.7 Å². The van der Waals surface area contributed by atoms with Crippen LogP contribution in [0.1, 0.15) is 41.5 Å². The number of rotatable bonds is 7. The first-order valence-corrected chi connectivity index (χ1v) is 10.1. The highest BCUT2D eigenvalue weighted by Crippen LogP contribution is 2.35. The van der Waals surface area contributed by atoms with Gasteiger partial charge in [0.1, 0.15) is 12.4 Å². The van der Waals surface area contributed by atoms with Crippen molar-refractivity contribution >= 4 is 11.5 Å². The van der Waals surface area contributed by atoms with Gasteiger partial charge in [0.05, 0.1) is 18.8 Å². The van der Waals surface area contributed by atoms with Crippen molar-refractivity contribution in [1.29, 1.82) is 0 Å². The van der Waals surface area contributed by atoms with Crippen molar-refractivity contribution in [3.8, 4) is 5.75 Å². The predicted molar refractivity (Wildman–Crippen MR) is 111 cm³/mol. The number of carboxylic acid groups (broad SMARTS) is 1. The molecule has 0 fully saturated rings. The lowest BCUT2D eigenvalue weighted by Gasteiger charge is -2.17. The molecule has 1 heterocycles. The molecule has 0 aromatic heterocycles. The average Bonchev–Trinajstić information content (AvgIpc) is 2.96. The Morgan fingerprint density at radius 3 is 2.48 bits per heavy atom. The summed E-state index contributed by atoms with van der Waals surface area (Å²) in [6.45, 7) is 3.30. The fourth-order valence-corrected chi connectivity index (χ4v) is 3.60. The monoisotopic (exact) mass is 434 g/mol. The molecule has 0 aliphatic carbocycles. The number of ether oxygens (including phenoxy) is 2. The maximum absolute atomic E-state index is 13.5. The molecule has 0 saturated carbocycles. The van der Waals surface area contributed by atoms with Gasteiger partial charge in [-0.05, 0) is 60.6 Å². The van der Waals surface area contributed by atoms with Gasteiger partial charge in [-0.2, -0.15) is 13.2 Å². The third-order valence-corrected chi connectivity index (χ3v) is 5.28. The van der Waals surface area contributed by atoms with Gasteiger partial charge in [-0.15, -0.1) is 0 Å². The fourth-order valence-electron chi connectivity index (χ4n) is 3.60. The summed E-state index contributed by atoms with van der Waals surface area (Å²) in [4.78, 5) is 10.8. The lowest BCUT2D eigenvalue weighted by molar-refractivity contribution is -0.140. The minimum Gasteiger partial charge on any atom is -0.489 e. The van der Waals surface area contributed by atoms with Crippen LogP contribution in [-0.4, -0.2) is 30.9 Å². The van der Waals surface area contributed by atoms with Crippen LogP contribution in [0.3, 0.4) is 0 Å². The summed E-state index contributed by atoms with van der Waals surface area (Å²) >= 11 is 0. The maximum Gasteiger partial charge on any atom is 0.416 e. The number of aryl methyl sites for hydroxylation is 2. The lowest BCUT2D eigenvalue weighted by atomic mass is 9.95. The number of hydrogen-bond donors (Lipinski definition) is 1. The topological polar surface area (TPSA) is 55.8 Å². The van der Waals surface area contributed by atoms with Gasteiger partial charge in [0.2, 0.25) is 0 Å². The summed E-state index contributed by atoms with van der Waals surface area (Å²) in [5.41, 5.74) is 3.41. The quantitative estimate of drug-likeness (QED) is 0.610. The van der Waals surface area contributed by atoms with Crippen LogP contribution in [0.2, 0.25) is 0 Å². The SMILES string of the molecule is Cc1ccc(C2=C(COc3ccc(CCC(=O)O)c(C(F)(F)F)c3)CCOCC2)cc1. The first-order chi connectivity index (χ1) is 14.7. The molecule has 0 bridgehead atoms. The third-order valence-electron chi connectivity index (χ3n) is 5.28. The fraction of sp³-hybridized carbons (Fsp3) is 0.375. The van der Waals surface area contributed by atoms with E-state index in [9.17, 15) is 18.0 Å². The van der Waals surface area contributed by atoms with Crippen LogP contribution in [0, 0.1) is 6.92 Å². The summed E-state index contributed by atoms with van der Waals surface area (Å²) in [7, 11) is 0. The van der Waals surface area contributed by atoms with Crippen molar-refractivity contribution < 1.29 is 32.5 Å². The molecule has 1 aliphatic rings. The first-order valence-electron chi connectivity index (χ1n) is 10.1. The van der Waals surface area contributed by atoms with Gasteiger partial charge in [0.15, 0.2) is 0 Å². The van der Waals surface area contributed by atoms with Crippen molar-refractivity contribution in [3.05, 3.63) is 70.3 Å². The van der Waals surface area contributed by atoms with E-state index in [0.717, 1.165) is 28.3 Å². The number of carboxylic acids is 1. The van der Waals surface area contributed by atoms with Gasteiger partial charge < -0.3 is 14.6 Å². The average molecular weight is 434 g/mol. The molecule has 0 radical (unpaired) electrons. The van der Waals surface area contributed by atoms with E-state index in [-0.39, 0.29) is 30.8 Å². The van der Waals surface area contributed by atoms with Crippen LogP contribution in [0.25, 0.3) is 5.57 Å². The van der Waals surface area contributed by atoms with Crippen LogP contribution in [0.4, 0.5) is 13.2 Å². The molecule has 0 amide bonds. The molecule has 0 saturated heterocycles. The molecule has 0 spiro atoms. The van der Waals surface area contributed by atoms with Gasteiger partial charge >= 0.3 is 12.1 Å². The Kier molecular flexibility index (Phi) is 7.38. The van der Waals surface area contributed by atoms with E-state index in [1.54, 1.807) is 0 Å². The van der Waals surface area contributed by atoms with Gasteiger partial charge in [-0.3, -0.25) is 4.79 Å². The van der Waals surface area contributed by atoms with Crippen LogP contribution in [0.15, 0.2) is 48.0 Å². The summed E-state index contributed by atoms with van der Waals surface area (Å²) < 4.78 is 51.8. The molecule has 31 heavy (non-hydrogen) atoms. The summed E-state index contributed by atoms with van der Waals surface area (Å²) in [6.07, 6.45) is -3.79. The molecular formula is C24H25F3O4. The molecule has 4 nitrogen and oxygen atoms in total. The van der Waals surface area contributed by atoms with Gasteiger partial charge in [-0.25, -0.2) is 0 Å². The van der Waals surface area contributed by atoms with E-state index in [0.29, 0.717) is 26.1 Å². The van der Waals surface area contributed by atoms with E-state index in [1.807, 2.05) is 31.2 Å². The van der Waals surface area contributed by atoms with Crippen LogP contribution < -0.4 is 4.74 Å². The predicted octanol–water partition coefficient (Wildman–Crippen LogP) is 5.67. The molecular weight excluding hydrogens is 409 g/mol.